The van der Waals surface area contributed by atoms with Gasteiger partial charge in [0.1, 0.15) is 5.52 Å². The minimum atomic E-state index is -4.58. The number of anilines is 3. The zero-order valence-corrected chi connectivity index (χ0v) is 23.3. The van der Waals surface area contributed by atoms with Gasteiger partial charge < -0.3 is 20.5 Å². The number of alkyl halides is 3. The van der Waals surface area contributed by atoms with Crippen molar-refractivity contribution in [2.45, 2.75) is 54.8 Å². The Morgan fingerprint density at radius 1 is 1.22 bits per heavy atom. The van der Waals surface area contributed by atoms with Gasteiger partial charge >= 0.3 is 6.18 Å². The van der Waals surface area contributed by atoms with Crippen LogP contribution >= 0.6 is 11.8 Å². The smallest absolute Gasteiger partial charge is 0.389 e. The summed E-state index contributed by atoms with van der Waals surface area (Å²) in [6, 6.07) is 12.7. The molecule has 218 valence electrons. The van der Waals surface area contributed by atoms with Crippen LogP contribution in [0.5, 0.6) is 0 Å². The van der Waals surface area contributed by atoms with Gasteiger partial charge in [0.2, 0.25) is 11.1 Å². The molecule has 1 saturated heterocycles. The topological polar surface area (TPSA) is 133 Å². The number of hydrogen-bond donors (Lipinski definition) is 4. The highest BCUT2D eigenvalue weighted by Crippen LogP contribution is 2.35. The van der Waals surface area contributed by atoms with E-state index in [0.29, 0.717) is 22.5 Å². The minimum absolute atomic E-state index is 0.00596. The molecule has 0 aliphatic carbocycles. The van der Waals surface area contributed by atoms with Gasteiger partial charge in [-0.2, -0.15) is 18.3 Å². The molecule has 41 heavy (non-hydrogen) atoms. The number of aromatic nitrogens is 5. The van der Waals surface area contributed by atoms with Crippen LogP contribution in [0.2, 0.25) is 0 Å². The van der Waals surface area contributed by atoms with Crippen molar-refractivity contribution in [2.75, 3.05) is 30.3 Å². The summed E-state index contributed by atoms with van der Waals surface area (Å²) in [5.41, 5.74) is -0.161. The van der Waals surface area contributed by atoms with Gasteiger partial charge in [0, 0.05) is 41.6 Å². The molecule has 11 nitrogen and oxygen atoms in total. The second kappa shape index (κ2) is 11.3. The van der Waals surface area contributed by atoms with Crippen molar-refractivity contribution in [3.05, 3.63) is 54.4 Å². The molecule has 5 rings (SSSR count). The fourth-order valence-electron chi connectivity index (χ4n) is 4.29. The molecule has 15 heteroatoms. The van der Waals surface area contributed by atoms with Crippen LogP contribution in [0.25, 0.3) is 5.52 Å². The number of aliphatic hydroxyl groups excluding tert-OH is 1. The van der Waals surface area contributed by atoms with Crippen molar-refractivity contribution < 1.29 is 27.8 Å². The Morgan fingerprint density at radius 3 is 2.66 bits per heavy atom. The van der Waals surface area contributed by atoms with Crippen LogP contribution in [0.15, 0.2) is 58.7 Å². The molecular weight excluding hydrogens is 561 g/mol. The lowest BCUT2D eigenvalue weighted by molar-refractivity contribution is -0.280. The maximum atomic E-state index is 13.2. The van der Waals surface area contributed by atoms with Crippen molar-refractivity contribution in [1.29, 1.82) is 0 Å². The second-order valence-corrected chi connectivity index (χ2v) is 11.3. The number of β-amino-alcohol motifs (C(OH)–C–C–N with tert-alkyl or cyclic N) is 1. The minimum Gasteiger partial charge on any atom is -0.389 e. The summed E-state index contributed by atoms with van der Waals surface area (Å²) in [5.74, 6) is 0.876. The number of aromatic amines is 1. The standard InChI is InChI=1S/C26H29F3N8O3S/c1-15-11-21(34-33-15)31-23-18-5-4-10-37(18)35-24(32-23)41-17-8-6-16(7-9-17)30-22(39)14-36-12-19(38)20(13-36)40-25(2,3)26(27,28)29/h4-11,19-20,38H,12-14H2,1-3H3,(H,30,39)(H2,31,32,33,34,35)/t19-,20-/m1/s1. The number of rotatable bonds is 9. The molecule has 4 aromatic rings. The predicted octanol–water partition coefficient (Wildman–Crippen LogP) is 4.00. The second-order valence-electron chi connectivity index (χ2n) is 10.2. The number of aryl methyl sites for hydroxylation is 1. The van der Waals surface area contributed by atoms with E-state index in [2.05, 4.69) is 30.9 Å². The van der Waals surface area contributed by atoms with E-state index in [9.17, 15) is 23.1 Å². The van der Waals surface area contributed by atoms with Crippen LogP contribution in [0, 0.1) is 6.92 Å². The molecule has 2 atom stereocenters. The van der Waals surface area contributed by atoms with Crippen molar-refractivity contribution in [3.8, 4) is 0 Å². The normalized spacial score (nSPS) is 18.2. The number of H-pyrrole nitrogens is 1. The Balaban J connectivity index is 1.17. The van der Waals surface area contributed by atoms with E-state index < -0.39 is 24.0 Å². The highest BCUT2D eigenvalue weighted by atomic mass is 32.2. The molecule has 1 amide bonds. The van der Waals surface area contributed by atoms with Gasteiger partial charge in [0.05, 0.1) is 18.8 Å². The third-order valence-electron chi connectivity index (χ3n) is 6.48. The van der Waals surface area contributed by atoms with Gasteiger partial charge in [0.25, 0.3) is 0 Å². The lowest BCUT2D eigenvalue weighted by Crippen LogP contribution is -2.47. The maximum Gasteiger partial charge on any atom is 0.416 e. The Kier molecular flexibility index (Phi) is 7.96. The van der Waals surface area contributed by atoms with Crippen LogP contribution in [0.3, 0.4) is 0 Å². The van der Waals surface area contributed by atoms with E-state index >= 15 is 0 Å². The number of likely N-dealkylation sites (tertiary alicyclic amines) is 1. The summed E-state index contributed by atoms with van der Waals surface area (Å²) in [4.78, 5) is 19.6. The number of benzene rings is 1. The molecule has 4 N–H and O–H groups in total. The van der Waals surface area contributed by atoms with E-state index in [1.807, 2.05) is 43.5 Å². The van der Waals surface area contributed by atoms with Gasteiger partial charge in [-0.3, -0.25) is 14.8 Å². The first-order valence-corrected chi connectivity index (χ1v) is 13.5. The van der Waals surface area contributed by atoms with Crippen molar-refractivity contribution in [2.24, 2.45) is 0 Å². The molecule has 0 bridgehead atoms. The van der Waals surface area contributed by atoms with E-state index in [1.165, 1.54) is 11.8 Å². The van der Waals surface area contributed by atoms with Crippen LogP contribution < -0.4 is 10.6 Å². The van der Waals surface area contributed by atoms with Gasteiger partial charge in [-0.05, 0) is 68.9 Å². The number of nitrogens with one attached hydrogen (secondary N) is 3. The molecule has 0 unspecified atom stereocenters. The van der Waals surface area contributed by atoms with E-state index in [4.69, 9.17) is 4.74 Å². The molecule has 1 aromatic carbocycles. The number of nitrogens with zero attached hydrogens (tertiary/aromatic N) is 5. The summed E-state index contributed by atoms with van der Waals surface area (Å²) < 4.78 is 46.4. The van der Waals surface area contributed by atoms with Crippen LogP contribution in [-0.2, 0) is 9.53 Å². The molecule has 1 aliphatic heterocycles. The number of hydrogen-bond acceptors (Lipinski definition) is 9. The number of ether oxygens (including phenoxy) is 1. The van der Waals surface area contributed by atoms with Crippen molar-refractivity contribution in [3.63, 3.8) is 0 Å². The number of amides is 1. The van der Waals surface area contributed by atoms with Crippen LogP contribution in [-0.4, -0.2) is 84.3 Å². The van der Waals surface area contributed by atoms with E-state index in [1.54, 1.807) is 21.5 Å². The number of carbonyl (C=O) groups is 1. The van der Waals surface area contributed by atoms with Gasteiger partial charge in [0.15, 0.2) is 17.2 Å². The summed E-state index contributed by atoms with van der Waals surface area (Å²) in [7, 11) is 0. The first-order chi connectivity index (χ1) is 19.4. The molecule has 0 spiro atoms. The largest absolute Gasteiger partial charge is 0.416 e. The summed E-state index contributed by atoms with van der Waals surface area (Å²) in [6.45, 7) is 3.67. The monoisotopic (exact) mass is 590 g/mol. The SMILES string of the molecule is Cc1cc(Nc2nc(Sc3ccc(NC(=O)CN4C[C@@H](O)[C@H](OC(C)(C)C(F)(F)F)C4)cc3)nn3cccc23)n[nH]1. The molecule has 3 aromatic heterocycles. The lowest BCUT2D eigenvalue weighted by Gasteiger charge is -2.32. The van der Waals surface area contributed by atoms with Crippen LogP contribution in [0.4, 0.5) is 30.5 Å². The Morgan fingerprint density at radius 2 is 1.98 bits per heavy atom. The van der Waals surface area contributed by atoms with Gasteiger partial charge in [-0.1, -0.05) is 0 Å². The van der Waals surface area contributed by atoms with Crippen LogP contribution in [0.1, 0.15) is 19.5 Å². The average Bonchev–Trinajstić information content (AvgIpc) is 3.60. The highest BCUT2D eigenvalue weighted by molar-refractivity contribution is 7.99. The quantitative estimate of drug-likeness (QED) is 0.228. The highest BCUT2D eigenvalue weighted by Gasteiger charge is 2.51. The summed E-state index contributed by atoms with van der Waals surface area (Å²) in [5, 5.41) is 28.3. The molecule has 0 saturated carbocycles. The fraction of sp³-hybridized carbons (Fsp3) is 0.385. The Labute approximate surface area is 237 Å². The molecule has 1 aliphatic rings. The summed E-state index contributed by atoms with van der Waals surface area (Å²) >= 11 is 1.34. The molecule has 0 radical (unpaired) electrons. The average molecular weight is 591 g/mol. The Bertz CT molecular complexity index is 1520. The number of aliphatic hydroxyl groups is 1. The third kappa shape index (κ3) is 6.81. The number of carbonyl (C=O) groups excluding carboxylic acids is 1. The van der Waals surface area contributed by atoms with Gasteiger partial charge in [-0.15, -0.1) is 5.10 Å². The first-order valence-electron chi connectivity index (χ1n) is 12.7. The lowest BCUT2D eigenvalue weighted by atomic mass is 10.1. The zero-order chi connectivity index (χ0) is 29.4. The van der Waals surface area contributed by atoms with Crippen molar-refractivity contribution >= 4 is 40.5 Å². The van der Waals surface area contributed by atoms with E-state index in [0.717, 1.165) is 30.0 Å². The number of fused-ring (bicyclic) bond motifs is 1. The maximum absolute atomic E-state index is 13.2. The van der Waals surface area contributed by atoms with Gasteiger partial charge in [-0.25, -0.2) is 9.50 Å². The van der Waals surface area contributed by atoms with E-state index in [-0.39, 0.29) is 25.5 Å². The zero-order valence-electron chi connectivity index (χ0n) is 22.4. The molecule has 1 fully saturated rings. The summed E-state index contributed by atoms with van der Waals surface area (Å²) in [6.07, 6.45) is -4.94. The molecule has 4 heterocycles. The first kappa shape index (κ1) is 28.9. The third-order valence-corrected chi connectivity index (χ3v) is 7.34. The molecular formula is C26H29F3N8O3S. The Hall–Kier alpha value is -3.66. The van der Waals surface area contributed by atoms with Crippen molar-refractivity contribution in [1.82, 2.24) is 29.7 Å². The fourth-order valence-corrected chi connectivity index (χ4v) is 5.04. The predicted molar refractivity (Wildman–Crippen MR) is 146 cm³/mol. The number of halogens is 3.